The van der Waals surface area contributed by atoms with Gasteiger partial charge in [-0.05, 0) is 59.2 Å². The highest BCUT2D eigenvalue weighted by Gasteiger charge is 2.23. The molecule has 4 rings (SSSR count). The van der Waals surface area contributed by atoms with Gasteiger partial charge < -0.3 is 14.8 Å². The third-order valence-corrected chi connectivity index (χ3v) is 5.59. The standard InChI is InChI=1S/C21H30N4O2/c1-14(2)25-16(4)19(15(3)23-25)12-24-9-5-6-18(11-24)22-17-7-8-20-21(10-17)27-13-26-20/h7-8,10,14,18,22H,5-6,9,11-13H2,1-4H3. The monoisotopic (exact) mass is 370 g/mol. The van der Waals surface area contributed by atoms with Gasteiger partial charge in [-0.25, -0.2) is 0 Å². The molecule has 6 nitrogen and oxygen atoms in total. The van der Waals surface area contributed by atoms with Crippen LogP contribution >= 0.6 is 0 Å². The molecule has 27 heavy (non-hydrogen) atoms. The zero-order chi connectivity index (χ0) is 19.0. The number of piperidine rings is 1. The minimum absolute atomic E-state index is 0.318. The molecule has 0 amide bonds. The van der Waals surface area contributed by atoms with E-state index in [4.69, 9.17) is 14.6 Å². The van der Waals surface area contributed by atoms with Gasteiger partial charge in [0.1, 0.15) is 0 Å². The maximum absolute atomic E-state index is 5.49. The highest BCUT2D eigenvalue weighted by Crippen LogP contribution is 2.34. The van der Waals surface area contributed by atoms with E-state index in [1.807, 2.05) is 12.1 Å². The van der Waals surface area contributed by atoms with Crippen LogP contribution in [0.1, 0.15) is 49.7 Å². The molecule has 6 heteroatoms. The van der Waals surface area contributed by atoms with Crippen LogP contribution in [0.5, 0.6) is 11.5 Å². The molecule has 1 fully saturated rings. The molecule has 0 spiro atoms. The van der Waals surface area contributed by atoms with E-state index in [0.29, 0.717) is 18.9 Å². The quantitative estimate of drug-likeness (QED) is 0.865. The molecule has 1 aromatic heterocycles. The molecule has 1 aromatic carbocycles. The zero-order valence-electron chi connectivity index (χ0n) is 16.8. The van der Waals surface area contributed by atoms with Crippen LogP contribution in [-0.4, -0.2) is 40.6 Å². The van der Waals surface area contributed by atoms with Crippen molar-refractivity contribution in [3.8, 4) is 11.5 Å². The minimum atomic E-state index is 0.318. The van der Waals surface area contributed by atoms with Gasteiger partial charge in [0, 0.05) is 48.2 Å². The normalized spacial score (nSPS) is 19.7. The first kappa shape index (κ1) is 18.2. The predicted molar refractivity (Wildman–Crippen MR) is 107 cm³/mol. The number of nitrogens with one attached hydrogen (secondary N) is 1. The molecule has 1 saturated heterocycles. The van der Waals surface area contributed by atoms with E-state index < -0.39 is 0 Å². The van der Waals surface area contributed by atoms with Crippen LogP contribution in [0.25, 0.3) is 0 Å². The predicted octanol–water partition coefficient (Wildman–Crippen LogP) is 3.89. The lowest BCUT2D eigenvalue weighted by atomic mass is 10.0. The van der Waals surface area contributed by atoms with E-state index in [1.54, 1.807) is 0 Å². The summed E-state index contributed by atoms with van der Waals surface area (Å²) in [5.41, 5.74) is 4.94. The summed E-state index contributed by atoms with van der Waals surface area (Å²) in [6, 6.07) is 6.95. The van der Waals surface area contributed by atoms with Crippen LogP contribution in [0.3, 0.4) is 0 Å². The zero-order valence-corrected chi connectivity index (χ0v) is 16.8. The van der Waals surface area contributed by atoms with Gasteiger partial charge in [0.2, 0.25) is 6.79 Å². The molecule has 1 N–H and O–H groups in total. The van der Waals surface area contributed by atoms with Crippen LogP contribution in [-0.2, 0) is 6.54 Å². The maximum atomic E-state index is 5.49. The SMILES string of the molecule is Cc1nn(C(C)C)c(C)c1CN1CCCC(Nc2ccc3c(c2)OCO3)C1. The summed E-state index contributed by atoms with van der Waals surface area (Å²) in [5.74, 6) is 1.67. The van der Waals surface area contributed by atoms with Crippen molar-refractivity contribution < 1.29 is 9.47 Å². The average molecular weight is 370 g/mol. The average Bonchev–Trinajstić information content (AvgIpc) is 3.21. The summed E-state index contributed by atoms with van der Waals surface area (Å²) in [7, 11) is 0. The van der Waals surface area contributed by atoms with Crippen molar-refractivity contribution in [3.05, 3.63) is 35.2 Å². The summed E-state index contributed by atoms with van der Waals surface area (Å²) in [6.07, 6.45) is 2.40. The Morgan fingerprint density at radius 3 is 2.81 bits per heavy atom. The largest absolute Gasteiger partial charge is 0.454 e. The first-order valence-corrected chi connectivity index (χ1v) is 9.94. The van der Waals surface area contributed by atoms with Crippen LogP contribution in [0, 0.1) is 13.8 Å². The lowest BCUT2D eigenvalue weighted by molar-refractivity contribution is 0.174. The maximum Gasteiger partial charge on any atom is 0.231 e. The number of ether oxygens (including phenoxy) is 2. The van der Waals surface area contributed by atoms with Crippen molar-refractivity contribution >= 4 is 5.69 Å². The van der Waals surface area contributed by atoms with Crippen LogP contribution in [0.4, 0.5) is 5.69 Å². The highest BCUT2D eigenvalue weighted by atomic mass is 16.7. The van der Waals surface area contributed by atoms with Gasteiger partial charge in [-0.15, -0.1) is 0 Å². The molecule has 1 unspecified atom stereocenters. The molecule has 2 aliphatic heterocycles. The van der Waals surface area contributed by atoms with Crippen molar-refractivity contribution in [2.45, 2.75) is 59.2 Å². The molecule has 2 aliphatic rings. The summed E-state index contributed by atoms with van der Waals surface area (Å²) < 4.78 is 13.0. The summed E-state index contributed by atoms with van der Waals surface area (Å²) in [6.45, 7) is 12.2. The molecular weight excluding hydrogens is 340 g/mol. The van der Waals surface area contributed by atoms with Gasteiger partial charge in [-0.2, -0.15) is 5.10 Å². The van der Waals surface area contributed by atoms with Crippen molar-refractivity contribution in [2.24, 2.45) is 0 Å². The number of nitrogens with zero attached hydrogens (tertiary/aromatic N) is 3. The second-order valence-electron chi connectivity index (χ2n) is 7.97. The molecular formula is C21H30N4O2. The van der Waals surface area contributed by atoms with E-state index in [0.717, 1.165) is 42.5 Å². The molecule has 3 heterocycles. The van der Waals surface area contributed by atoms with E-state index in [9.17, 15) is 0 Å². The van der Waals surface area contributed by atoms with Gasteiger partial charge in [-0.3, -0.25) is 9.58 Å². The molecule has 1 atom stereocenters. The Morgan fingerprint density at radius 2 is 2.04 bits per heavy atom. The fourth-order valence-corrected chi connectivity index (χ4v) is 4.19. The van der Waals surface area contributed by atoms with E-state index in [-0.39, 0.29) is 0 Å². The third kappa shape index (κ3) is 3.76. The summed E-state index contributed by atoms with van der Waals surface area (Å²) >= 11 is 0. The number of hydrogen-bond acceptors (Lipinski definition) is 5. The highest BCUT2D eigenvalue weighted by molar-refractivity contribution is 5.56. The van der Waals surface area contributed by atoms with Crippen LogP contribution in [0.15, 0.2) is 18.2 Å². The molecule has 0 aliphatic carbocycles. The van der Waals surface area contributed by atoms with Gasteiger partial charge in [0.25, 0.3) is 0 Å². The Labute approximate surface area is 161 Å². The number of fused-ring (bicyclic) bond motifs is 1. The number of rotatable bonds is 5. The Balaban J connectivity index is 1.41. The Kier molecular flexibility index (Phi) is 5.00. The number of aromatic nitrogens is 2. The smallest absolute Gasteiger partial charge is 0.231 e. The Morgan fingerprint density at radius 1 is 1.22 bits per heavy atom. The second kappa shape index (κ2) is 7.43. The van der Waals surface area contributed by atoms with Crippen molar-refractivity contribution in [1.29, 1.82) is 0 Å². The fraction of sp³-hybridized carbons (Fsp3) is 0.571. The van der Waals surface area contributed by atoms with Gasteiger partial charge >= 0.3 is 0 Å². The van der Waals surface area contributed by atoms with Crippen molar-refractivity contribution in [2.75, 3.05) is 25.2 Å². The van der Waals surface area contributed by atoms with Crippen molar-refractivity contribution in [1.82, 2.24) is 14.7 Å². The second-order valence-corrected chi connectivity index (χ2v) is 7.97. The molecule has 0 bridgehead atoms. The number of anilines is 1. The number of likely N-dealkylation sites (tertiary alicyclic amines) is 1. The van der Waals surface area contributed by atoms with E-state index in [2.05, 4.69) is 48.7 Å². The number of hydrogen-bond donors (Lipinski definition) is 1. The topological polar surface area (TPSA) is 51.6 Å². The fourth-order valence-electron chi connectivity index (χ4n) is 4.19. The Bertz CT molecular complexity index is 815. The van der Waals surface area contributed by atoms with E-state index in [1.165, 1.54) is 24.1 Å². The van der Waals surface area contributed by atoms with Gasteiger partial charge in [-0.1, -0.05) is 0 Å². The first-order chi connectivity index (χ1) is 13.0. The van der Waals surface area contributed by atoms with Crippen LogP contribution in [0.2, 0.25) is 0 Å². The third-order valence-electron chi connectivity index (χ3n) is 5.59. The lowest BCUT2D eigenvalue weighted by Crippen LogP contribution is -2.41. The molecule has 0 saturated carbocycles. The number of benzene rings is 1. The number of aryl methyl sites for hydroxylation is 1. The van der Waals surface area contributed by atoms with Crippen molar-refractivity contribution in [3.63, 3.8) is 0 Å². The van der Waals surface area contributed by atoms with E-state index >= 15 is 0 Å². The Hall–Kier alpha value is -2.21. The molecule has 2 aromatic rings. The van der Waals surface area contributed by atoms with Gasteiger partial charge in [0.15, 0.2) is 11.5 Å². The molecule has 0 radical (unpaired) electrons. The first-order valence-electron chi connectivity index (χ1n) is 9.94. The molecule has 146 valence electrons. The minimum Gasteiger partial charge on any atom is -0.454 e. The van der Waals surface area contributed by atoms with Gasteiger partial charge in [0.05, 0.1) is 5.69 Å². The lowest BCUT2D eigenvalue weighted by Gasteiger charge is -2.33. The van der Waals surface area contributed by atoms with Crippen LogP contribution < -0.4 is 14.8 Å². The summed E-state index contributed by atoms with van der Waals surface area (Å²) in [5, 5.41) is 8.42. The summed E-state index contributed by atoms with van der Waals surface area (Å²) in [4.78, 5) is 2.55.